The molecule has 3 heteroatoms. The number of hydrogen-bond donors (Lipinski definition) is 1. The van der Waals surface area contributed by atoms with Crippen molar-refractivity contribution >= 4 is 5.91 Å². The fraction of sp³-hybridized carbons (Fsp3) is 0.500. The number of carbonyl (C=O) groups excluding carboxylic acids is 1. The number of piperidine rings is 1. The molecule has 1 aliphatic heterocycles. The Balaban J connectivity index is 2.27. The molecule has 0 aromatic heterocycles. The topological polar surface area (TPSA) is 40.5 Å². The van der Waals surface area contributed by atoms with Gasteiger partial charge in [0.15, 0.2) is 0 Å². The van der Waals surface area contributed by atoms with E-state index in [1.165, 1.54) is 6.42 Å². The molecule has 2 unspecified atom stereocenters. The molecule has 0 aliphatic carbocycles. The number of hydrogen-bond acceptors (Lipinski definition) is 2. The fourth-order valence-corrected chi connectivity index (χ4v) is 2.81. The zero-order valence-corrected chi connectivity index (χ0v) is 13.0. The first-order valence-corrected chi connectivity index (χ1v) is 7.56. The smallest absolute Gasteiger partial charge is 0.254 e. The molecule has 0 bridgehead atoms. The van der Waals surface area contributed by atoms with Crippen molar-refractivity contribution in [2.75, 3.05) is 13.2 Å². The first-order chi connectivity index (χ1) is 10.0. The van der Waals surface area contributed by atoms with Crippen molar-refractivity contribution in [3.8, 4) is 11.8 Å². The predicted molar refractivity (Wildman–Crippen MR) is 84.0 cm³/mol. The molecule has 0 saturated carbocycles. The maximum Gasteiger partial charge on any atom is 0.254 e. The van der Waals surface area contributed by atoms with Crippen LogP contribution in [0, 0.1) is 24.7 Å². The van der Waals surface area contributed by atoms with E-state index in [9.17, 15) is 4.79 Å². The maximum atomic E-state index is 12.7. The lowest BCUT2D eigenvalue weighted by Crippen LogP contribution is -2.46. The minimum absolute atomic E-state index is 0.0844. The largest absolute Gasteiger partial charge is 0.384 e. The standard InChI is InChI=1S/C18H23NO2/c1-13-6-4-10-19(15(13)3)18(21)17-9-8-14(2)16(12-17)7-5-11-20/h8-9,12-13,15,20H,4,6,10-11H2,1-3H3. The van der Waals surface area contributed by atoms with Crippen LogP contribution in [0.4, 0.5) is 0 Å². The summed E-state index contributed by atoms with van der Waals surface area (Å²) in [4.78, 5) is 14.7. The molecule has 1 aromatic rings. The lowest BCUT2D eigenvalue weighted by Gasteiger charge is -2.38. The van der Waals surface area contributed by atoms with Gasteiger partial charge < -0.3 is 10.0 Å². The third-order valence-electron chi connectivity index (χ3n) is 4.42. The van der Waals surface area contributed by atoms with Crippen LogP contribution in [0.25, 0.3) is 0 Å². The summed E-state index contributed by atoms with van der Waals surface area (Å²) in [6.07, 6.45) is 2.26. The van der Waals surface area contributed by atoms with Crippen LogP contribution in [-0.4, -0.2) is 35.1 Å². The monoisotopic (exact) mass is 285 g/mol. The molecule has 112 valence electrons. The van der Waals surface area contributed by atoms with Crippen LogP contribution < -0.4 is 0 Å². The number of aliphatic hydroxyl groups is 1. The van der Waals surface area contributed by atoms with Crippen LogP contribution in [-0.2, 0) is 0 Å². The van der Waals surface area contributed by atoms with Gasteiger partial charge in [-0.15, -0.1) is 0 Å². The first kappa shape index (κ1) is 15.6. The van der Waals surface area contributed by atoms with Gasteiger partial charge in [-0.1, -0.05) is 24.8 Å². The van der Waals surface area contributed by atoms with Gasteiger partial charge in [-0.3, -0.25) is 4.79 Å². The quantitative estimate of drug-likeness (QED) is 0.806. The van der Waals surface area contributed by atoms with Gasteiger partial charge in [-0.2, -0.15) is 0 Å². The minimum Gasteiger partial charge on any atom is -0.384 e. The van der Waals surface area contributed by atoms with Crippen LogP contribution >= 0.6 is 0 Å². The Morgan fingerprint density at radius 1 is 1.43 bits per heavy atom. The molecule has 1 saturated heterocycles. The molecule has 2 atom stereocenters. The average Bonchev–Trinajstić information content (AvgIpc) is 2.48. The summed E-state index contributed by atoms with van der Waals surface area (Å²) in [6, 6.07) is 5.91. The van der Waals surface area contributed by atoms with Crippen molar-refractivity contribution in [1.29, 1.82) is 0 Å². The zero-order chi connectivity index (χ0) is 15.4. The number of carbonyl (C=O) groups is 1. The Bertz CT molecular complexity index is 583. The SMILES string of the molecule is Cc1ccc(C(=O)N2CCCC(C)C2C)cc1C#CCO. The van der Waals surface area contributed by atoms with Crippen molar-refractivity contribution in [3.05, 3.63) is 34.9 Å². The van der Waals surface area contributed by atoms with Crippen molar-refractivity contribution in [3.63, 3.8) is 0 Å². The van der Waals surface area contributed by atoms with Gasteiger partial charge in [0.2, 0.25) is 0 Å². The molecule has 1 amide bonds. The molecule has 1 aliphatic rings. The number of aryl methyl sites for hydroxylation is 1. The summed E-state index contributed by atoms with van der Waals surface area (Å²) in [5.74, 6) is 6.19. The Labute approximate surface area is 127 Å². The van der Waals surface area contributed by atoms with Crippen molar-refractivity contribution in [1.82, 2.24) is 4.90 Å². The fourth-order valence-electron chi connectivity index (χ4n) is 2.81. The van der Waals surface area contributed by atoms with E-state index in [0.29, 0.717) is 11.5 Å². The molecule has 3 nitrogen and oxygen atoms in total. The molecule has 1 fully saturated rings. The van der Waals surface area contributed by atoms with Crippen LogP contribution in [0.2, 0.25) is 0 Å². The summed E-state index contributed by atoms with van der Waals surface area (Å²) in [5, 5.41) is 8.82. The minimum atomic E-state index is -0.168. The zero-order valence-electron chi connectivity index (χ0n) is 13.0. The van der Waals surface area contributed by atoms with E-state index in [2.05, 4.69) is 25.7 Å². The Morgan fingerprint density at radius 2 is 2.19 bits per heavy atom. The highest BCUT2D eigenvalue weighted by Gasteiger charge is 2.29. The van der Waals surface area contributed by atoms with Gasteiger partial charge >= 0.3 is 0 Å². The molecule has 1 heterocycles. The number of likely N-dealkylation sites (tertiary alicyclic amines) is 1. The van der Waals surface area contributed by atoms with E-state index in [1.807, 2.05) is 30.0 Å². The number of nitrogens with zero attached hydrogens (tertiary/aromatic N) is 1. The highest BCUT2D eigenvalue weighted by atomic mass is 16.2. The van der Waals surface area contributed by atoms with E-state index in [4.69, 9.17) is 5.11 Å². The normalized spacial score (nSPS) is 21.6. The van der Waals surface area contributed by atoms with Crippen molar-refractivity contribution in [2.24, 2.45) is 5.92 Å². The maximum absolute atomic E-state index is 12.7. The van der Waals surface area contributed by atoms with E-state index in [0.717, 1.165) is 24.1 Å². The predicted octanol–water partition coefficient (Wildman–Crippen LogP) is 2.60. The van der Waals surface area contributed by atoms with E-state index in [1.54, 1.807) is 0 Å². The Hall–Kier alpha value is -1.79. The third-order valence-corrected chi connectivity index (χ3v) is 4.42. The molecule has 1 N–H and O–H groups in total. The van der Waals surface area contributed by atoms with Gasteiger partial charge in [-0.25, -0.2) is 0 Å². The average molecular weight is 285 g/mol. The van der Waals surface area contributed by atoms with Crippen molar-refractivity contribution in [2.45, 2.75) is 39.7 Å². The number of rotatable bonds is 1. The van der Waals surface area contributed by atoms with Crippen LogP contribution in [0.1, 0.15) is 48.2 Å². The lowest BCUT2D eigenvalue weighted by atomic mass is 9.91. The van der Waals surface area contributed by atoms with Gasteiger partial charge in [-0.05, 0) is 50.3 Å². The summed E-state index contributed by atoms with van der Waals surface area (Å²) in [6.45, 7) is 6.95. The van der Waals surface area contributed by atoms with Gasteiger partial charge in [0.1, 0.15) is 6.61 Å². The Kier molecular flexibility index (Phi) is 5.03. The summed E-state index contributed by atoms with van der Waals surface area (Å²) in [7, 11) is 0. The second-order valence-corrected chi connectivity index (χ2v) is 5.85. The number of amides is 1. The van der Waals surface area contributed by atoms with Gasteiger partial charge in [0, 0.05) is 23.7 Å². The van der Waals surface area contributed by atoms with Gasteiger partial charge in [0.25, 0.3) is 5.91 Å². The summed E-state index contributed by atoms with van der Waals surface area (Å²) >= 11 is 0. The molecular weight excluding hydrogens is 262 g/mol. The molecule has 0 radical (unpaired) electrons. The summed E-state index contributed by atoms with van der Waals surface area (Å²) in [5.41, 5.74) is 2.52. The highest BCUT2D eigenvalue weighted by molar-refractivity contribution is 5.95. The van der Waals surface area contributed by atoms with Crippen LogP contribution in [0.15, 0.2) is 18.2 Å². The number of benzene rings is 1. The second kappa shape index (κ2) is 6.78. The second-order valence-electron chi connectivity index (χ2n) is 5.85. The van der Waals surface area contributed by atoms with Crippen molar-refractivity contribution < 1.29 is 9.90 Å². The third kappa shape index (κ3) is 3.46. The van der Waals surface area contributed by atoms with Crippen LogP contribution in [0.5, 0.6) is 0 Å². The first-order valence-electron chi connectivity index (χ1n) is 7.56. The van der Waals surface area contributed by atoms with E-state index in [-0.39, 0.29) is 18.6 Å². The van der Waals surface area contributed by atoms with Crippen LogP contribution in [0.3, 0.4) is 0 Å². The molecular formula is C18H23NO2. The van der Waals surface area contributed by atoms with E-state index < -0.39 is 0 Å². The molecule has 21 heavy (non-hydrogen) atoms. The lowest BCUT2D eigenvalue weighted by molar-refractivity contribution is 0.0551. The number of aliphatic hydroxyl groups excluding tert-OH is 1. The molecule has 2 rings (SSSR count). The van der Waals surface area contributed by atoms with E-state index >= 15 is 0 Å². The molecule has 1 aromatic carbocycles. The highest BCUT2D eigenvalue weighted by Crippen LogP contribution is 2.25. The van der Waals surface area contributed by atoms with Gasteiger partial charge in [0.05, 0.1) is 0 Å². The summed E-state index contributed by atoms with van der Waals surface area (Å²) < 4.78 is 0. The molecule has 0 spiro atoms. The Morgan fingerprint density at radius 3 is 2.90 bits per heavy atom.